The van der Waals surface area contributed by atoms with Crippen LogP contribution in [0.1, 0.15) is 36.0 Å². The lowest BCUT2D eigenvalue weighted by Crippen LogP contribution is -2.41. The SMILES string of the molecule is O=C1CO[C@H]2CCCC[C@@H]2CN1C(=O)c1ccccc1. The second kappa shape index (κ2) is 5.75. The predicted octanol–water partition coefficient (Wildman–Crippen LogP) is 2.24. The van der Waals surface area contributed by atoms with Crippen molar-refractivity contribution in [3.8, 4) is 0 Å². The average molecular weight is 273 g/mol. The van der Waals surface area contributed by atoms with Gasteiger partial charge in [0.1, 0.15) is 6.61 Å². The van der Waals surface area contributed by atoms with E-state index in [-0.39, 0.29) is 24.5 Å². The zero-order valence-electron chi connectivity index (χ0n) is 11.5. The van der Waals surface area contributed by atoms with Crippen LogP contribution in [0, 0.1) is 5.92 Å². The highest BCUT2D eigenvalue weighted by Gasteiger charge is 2.35. The Morgan fingerprint density at radius 1 is 1.15 bits per heavy atom. The normalized spacial score (nSPS) is 26.8. The van der Waals surface area contributed by atoms with Crippen molar-refractivity contribution < 1.29 is 14.3 Å². The molecule has 20 heavy (non-hydrogen) atoms. The monoisotopic (exact) mass is 273 g/mol. The number of carbonyl (C=O) groups is 2. The molecule has 0 spiro atoms. The molecule has 4 heteroatoms. The van der Waals surface area contributed by atoms with Crippen LogP contribution in [-0.4, -0.2) is 36.0 Å². The van der Waals surface area contributed by atoms with E-state index in [4.69, 9.17) is 4.74 Å². The van der Waals surface area contributed by atoms with Crippen molar-refractivity contribution in [1.29, 1.82) is 0 Å². The third kappa shape index (κ3) is 2.61. The minimum Gasteiger partial charge on any atom is -0.368 e. The molecule has 0 bridgehead atoms. The number of hydrogen-bond donors (Lipinski definition) is 0. The van der Waals surface area contributed by atoms with Gasteiger partial charge in [0.15, 0.2) is 0 Å². The van der Waals surface area contributed by atoms with E-state index in [9.17, 15) is 9.59 Å². The average Bonchev–Trinajstić information content (AvgIpc) is 2.67. The molecule has 1 saturated heterocycles. The summed E-state index contributed by atoms with van der Waals surface area (Å²) in [5, 5.41) is 0. The van der Waals surface area contributed by atoms with Gasteiger partial charge in [0.2, 0.25) is 0 Å². The first-order valence-electron chi connectivity index (χ1n) is 7.27. The summed E-state index contributed by atoms with van der Waals surface area (Å²) in [5.74, 6) is -0.124. The van der Waals surface area contributed by atoms with E-state index in [0.717, 1.165) is 25.7 Å². The second-order valence-electron chi connectivity index (χ2n) is 5.57. The number of hydrogen-bond acceptors (Lipinski definition) is 3. The van der Waals surface area contributed by atoms with Crippen LogP contribution in [-0.2, 0) is 9.53 Å². The molecule has 1 heterocycles. The van der Waals surface area contributed by atoms with Crippen LogP contribution in [0.15, 0.2) is 30.3 Å². The Bertz CT molecular complexity index is 500. The van der Waals surface area contributed by atoms with Crippen LogP contribution in [0.2, 0.25) is 0 Å². The van der Waals surface area contributed by atoms with Crippen LogP contribution in [0.4, 0.5) is 0 Å². The van der Waals surface area contributed by atoms with Gasteiger partial charge >= 0.3 is 0 Å². The lowest BCUT2D eigenvalue weighted by Gasteiger charge is -2.30. The van der Waals surface area contributed by atoms with Crippen molar-refractivity contribution in [3.63, 3.8) is 0 Å². The molecule has 1 aliphatic carbocycles. The maximum atomic E-state index is 12.5. The number of rotatable bonds is 1. The van der Waals surface area contributed by atoms with E-state index < -0.39 is 0 Å². The summed E-state index contributed by atoms with van der Waals surface area (Å²) >= 11 is 0. The van der Waals surface area contributed by atoms with Crippen LogP contribution in [0.3, 0.4) is 0 Å². The summed E-state index contributed by atoms with van der Waals surface area (Å²) in [4.78, 5) is 26.0. The fraction of sp³-hybridized carbons (Fsp3) is 0.500. The van der Waals surface area contributed by atoms with Gasteiger partial charge in [0.05, 0.1) is 6.10 Å². The molecule has 2 atom stereocenters. The predicted molar refractivity (Wildman–Crippen MR) is 74.2 cm³/mol. The van der Waals surface area contributed by atoms with Gasteiger partial charge in [-0.2, -0.15) is 0 Å². The van der Waals surface area contributed by atoms with Crippen molar-refractivity contribution in [2.75, 3.05) is 13.2 Å². The summed E-state index contributed by atoms with van der Waals surface area (Å²) in [6.07, 6.45) is 4.50. The Kier molecular flexibility index (Phi) is 3.83. The van der Waals surface area contributed by atoms with Crippen molar-refractivity contribution >= 4 is 11.8 Å². The molecule has 0 N–H and O–H groups in total. The molecule has 0 unspecified atom stereocenters. The number of imide groups is 1. The van der Waals surface area contributed by atoms with E-state index in [1.54, 1.807) is 12.1 Å². The smallest absolute Gasteiger partial charge is 0.260 e. The quantitative estimate of drug-likeness (QED) is 0.737. The first-order valence-corrected chi connectivity index (χ1v) is 7.27. The van der Waals surface area contributed by atoms with Gasteiger partial charge < -0.3 is 4.74 Å². The summed E-state index contributed by atoms with van der Waals surface area (Å²) in [6, 6.07) is 8.99. The van der Waals surface area contributed by atoms with Crippen LogP contribution in [0.25, 0.3) is 0 Å². The maximum Gasteiger partial charge on any atom is 0.260 e. The Morgan fingerprint density at radius 2 is 1.90 bits per heavy atom. The van der Waals surface area contributed by atoms with Crippen molar-refractivity contribution in [2.24, 2.45) is 5.92 Å². The van der Waals surface area contributed by atoms with Gasteiger partial charge in [-0.05, 0) is 25.0 Å². The van der Waals surface area contributed by atoms with Crippen molar-refractivity contribution in [1.82, 2.24) is 4.90 Å². The molecule has 1 aliphatic heterocycles. The molecule has 4 nitrogen and oxygen atoms in total. The van der Waals surface area contributed by atoms with E-state index in [1.165, 1.54) is 4.90 Å². The summed E-state index contributed by atoms with van der Waals surface area (Å²) in [5.41, 5.74) is 0.565. The van der Waals surface area contributed by atoms with Crippen LogP contribution < -0.4 is 0 Å². The molecule has 0 radical (unpaired) electrons. The first kappa shape index (κ1) is 13.3. The lowest BCUT2D eigenvalue weighted by atomic mass is 9.86. The summed E-state index contributed by atoms with van der Waals surface area (Å²) in [6.45, 7) is 0.525. The van der Waals surface area contributed by atoms with Crippen molar-refractivity contribution in [2.45, 2.75) is 31.8 Å². The first-order chi connectivity index (χ1) is 9.75. The largest absolute Gasteiger partial charge is 0.368 e. The molecule has 1 aromatic carbocycles. The highest BCUT2D eigenvalue weighted by Crippen LogP contribution is 2.30. The number of benzene rings is 1. The molecular weight excluding hydrogens is 254 g/mol. The third-order valence-corrected chi connectivity index (χ3v) is 4.24. The molecule has 0 aromatic heterocycles. The number of ether oxygens (including phenoxy) is 1. The Balaban J connectivity index is 1.80. The Labute approximate surface area is 118 Å². The fourth-order valence-corrected chi connectivity index (χ4v) is 3.13. The van der Waals surface area contributed by atoms with Gasteiger partial charge in [0, 0.05) is 18.0 Å². The van der Waals surface area contributed by atoms with Crippen LogP contribution in [0.5, 0.6) is 0 Å². The zero-order valence-corrected chi connectivity index (χ0v) is 11.5. The lowest BCUT2D eigenvalue weighted by molar-refractivity contribution is -0.132. The second-order valence-corrected chi connectivity index (χ2v) is 5.57. The molecule has 2 amide bonds. The number of fused-ring (bicyclic) bond motifs is 1. The molecular formula is C16H19NO3. The van der Waals surface area contributed by atoms with Gasteiger partial charge in [0.25, 0.3) is 11.8 Å². The summed E-state index contributed by atoms with van der Waals surface area (Å²) < 4.78 is 5.69. The topological polar surface area (TPSA) is 46.6 Å². The molecule has 3 rings (SSSR count). The summed E-state index contributed by atoms with van der Waals surface area (Å²) in [7, 11) is 0. The standard InChI is InChI=1S/C16H19NO3/c18-15-11-20-14-9-5-4-8-13(14)10-17(15)16(19)12-6-2-1-3-7-12/h1-3,6-7,13-14H,4-5,8-11H2/t13-,14+/m1/s1. The maximum absolute atomic E-state index is 12.5. The van der Waals surface area contributed by atoms with Crippen molar-refractivity contribution in [3.05, 3.63) is 35.9 Å². The Hall–Kier alpha value is -1.68. The molecule has 2 aliphatic rings. The van der Waals surface area contributed by atoms with Gasteiger partial charge in [-0.1, -0.05) is 31.0 Å². The fourth-order valence-electron chi connectivity index (χ4n) is 3.13. The van der Waals surface area contributed by atoms with Gasteiger partial charge in [-0.15, -0.1) is 0 Å². The number of nitrogens with zero attached hydrogens (tertiary/aromatic N) is 1. The highest BCUT2D eigenvalue weighted by atomic mass is 16.5. The molecule has 106 valence electrons. The Morgan fingerprint density at radius 3 is 2.70 bits per heavy atom. The molecule has 2 fully saturated rings. The van der Waals surface area contributed by atoms with E-state index in [2.05, 4.69) is 0 Å². The van der Waals surface area contributed by atoms with E-state index >= 15 is 0 Å². The van der Waals surface area contributed by atoms with Gasteiger partial charge in [-0.3, -0.25) is 14.5 Å². The van der Waals surface area contributed by atoms with Crippen LogP contribution >= 0.6 is 0 Å². The number of carbonyl (C=O) groups excluding carboxylic acids is 2. The van der Waals surface area contributed by atoms with Gasteiger partial charge in [-0.25, -0.2) is 0 Å². The zero-order chi connectivity index (χ0) is 13.9. The third-order valence-electron chi connectivity index (χ3n) is 4.24. The molecule has 1 saturated carbocycles. The highest BCUT2D eigenvalue weighted by molar-refractivity contribution is 6.05. The minimum atomic E-state index is -0.215. The number of amides is 2. The molecule has 1 aromatic rings. The minimum absolute atomic E-state index is 0.0275. The van der Waals surface area contributed by atoms with E-state index in [0.29, 0.717) is 18.0 Å². The van der Waals surface area contributed by atoms with E-state index in [1.807, 2.05) is 18.2 Å².